The highest BCUT2D eigenvalue weighted by Crippen LogP contribution is 2.26. The predicted octanol–water partition coefficient (Wildman–Crippen LogP) is 5.43. The molecule has 3 rings (SSSR count). The summed E-state index contributed by atoms with van der Waals surface area (Å²) < 4.78 is 28.7. The highest BCUT2D eigenvalue weighted by atomic mass is 35.5. The fourth-order valence-corrected chi connectivity index (χ4v) is 5.71. The molecule has 1 atom stereocenters. The zero-order valence-electron chi connectivity index (χ0n) is 22.6. The van der Waals surface area contributed by atoms with Gasteiger partial charge in [0.2, 0.25) is 11.8 Å². The van der Waals surface area contributed by atoms with Crippen molar-refractivity contribution in [3.8, 4) is 0 Å². The number of hydrogen-bond acceptors (Lipinski definition) is 4. The molecule has 3 aromatic carbocycles. The van der Waals surface area contributed by atoms with Gasteiger partial charge in [0, 0.05) is 18.1 Å². The molecule has 39 heavy (non-hydrogen) atoms. The normalized spacial score (nSPS) is 12.0. The number of carbonyl (C=O) groups excluding carboxylic acids is 2. The fourth-order valence-electron chi connectivity index (χ4n) is 4.08. The van der Waals surface area contributed by atoms with Crippen molar-refractivity contribution in [1.29, 1.82) is 0 Å². The van der Waals surface area contributed by atoms with Crippen LogP contribution in [-0.2, 0) is 32.6 Å². The molecular weight excluding hydrogens is 534 g/mol. The minimum atomic E-state index is -4.09. The molecule has 7 nitrogen and oxygen atoms in total. The first kappa shape index (κ1) is 30.2. The second-order valence-electron chi connectivity index (χ2n) is 9.28. The predicted molar refractivity (Wildman–Crippen MR) is 156 cm³/mol. The first-order chi connectivity index (χ1) is 18.7. The lowest BCUT2D eigenvalue weighted by atomic mass is 10.1. The number of sulfonamides is 1. The number of carbonyl (C=O) groups is 2. The van der Waals surface area contributed by atoms with Gasteiger partial charge in [-0.1, -0.05) is 80.4 Å². The van der Waals surface area contributed by atoms with Gasteiger partial charge in [0.1, 0.15) is 12.6 Å². The Kier molecular flexibility index (Phi) is 10.9. The Hall–Kier alpha value is -3.36. The van der Waals surface area contributed by atoms with E-state index in [1.165, 1.54) is 17.0 Å². The molecule has 0 aliphatic rings. The summed E-state index contributed by atoms with van der Waals surface area (Å²) in [4.78, 5) is 28.4. The minimum Gasteiger partial charge on any atom is -0.354 e. The van der Waals surface area contributed by atoms with E-state index < -0.39 is 28.5 Å². The Balaban J connectivity index is 2.00. The van der Waals surface area contributed by atoms with Crippen LogP contribution in [0, 0.1) is 0 Å². The van der Waals surface area contributed by atoms with Gasteiger partial charge in [-0.3, -0.25) is 13.9 Å². The van der Waals surface area contributed by atoms with Crippen molar-refractivity contribution in [2.24, 2.45) is 0 Å². The quantitative estimate of drug-likeness (QED) is 0.278. The summed E-state index contributed by atoms with van der Waals surface area (Å²) in [6, 6.07) is 21.3. The number of aryl methyl sites for hydroxylation is 1. The molecule has 208 valence electrons. The van der Waals surface area contributed by atoms with Crippen LogP contribution < -0.4 is 9.62 Å². The number of rotatable bonds is 13. The maximum absolute atomic E-state index is 13.9. The van der Waals surface area contributed by atoms with Gasteiger partial charge >= 0.3 is 0 Å². The van der Waals surface area contributed by atoms with Gasteiger partial charge in [-0.15, -0.1) is 0 Å². The smallest absolute Gasteiger partial charge is 0.264 e. The molecule has 0 aliphatic heterocycles. The van der Waals surface area contributed by atoms with E-state index in [1.54, 1.807) is 61.5 Å². The average Bonchev–Trinajstić information content (AvgIpc) is 2.95. The van der Waals surface area contributed by atoms with E-state index in [2.05, 4.69) is 5.32 Å². The second-order valence-corrected chi connectivity index (χ2v) is 11.5. The first-order valence-electron chi connectivity index (χ1n) is 13.2. The lowest BCUT2D eigenvalue weighted by Crippen LogP contribution is -2.51. The van der Waals surface area contributed by atoms with E-state index in [0.717, 1.165) is 29.1 Å². The van der Waals surface area contributed by atoms with Crippen LogP contribution in [-0.4, -0.2) is 44.3 Å². The number of benzene rings is 3. The summed E-state index contributed by atoms with van der Waals surface area (Å²) in [6.45, 7) is 5.73. The number of unbranched alkanes of at least 4 members (excludes halogenated alkanes) is 1. The Morgan fingerprint density at radius 2 is 1.56 bits per heavy atom. The Morgan fingerprint density at radius 3 is 2.18 bits per heavy atom. The zero-order chi connectivity index (χ0) is 28.4. The van der Waals surface area contributed by atoms with E-state index in [-0.39, 0.29) is 17.3 Å². The van der Waals surface area contributed by atoms with Crippen LogP contribution in [0.4, 0.5) is 5.69 Å². The van der Waals surface area contributed by atoms with Crippen LogP contribution in [0.2, 0.25) is 5.02 Å². The van der Waals surface area contributed by atoms with Crippen LogP contribution in [0.5, 0.6) is 0 Å². The largest absolute Gasteiger partial charge is 0.354 e. The van der Waals surface area contributed by atoms with Gasteiger partial charge in [0.25, 0.3) is 10.0 Å². The Labute approximate surface area is 236 Å². The third-order valence-electron chi connectivity index (χ3n) is 6.54. The molecule has 0 bridgehead atoms. The number of halogens is 1. The second kappa shape index (κ2) is 14.1. The lowest BCUT2D eigenvalue weighted by molar-refractivity contribution is -0.139. The van der Waals surface area contributed by atoms with Gasteiger partial charge < -0.3 is 10.2 Å². The monoisotopic (exact) mass is 569 g/mol. The summed E-state index contributed by atoms with van der Waals surface area (Å²) in [6.07, 6.45) is 2.52. The lowest BCUT2D eigenvalue weighted by Gasteiger charge is -2.32. The summed E-state index contributed by atoms with van der Waals surface area (Å²) in [7, 11) is -4.09. The molecule has 9 heteroatoms. The summed E-state index contributed by atoms with van der Waals surface area (Å²) in [5, 5.41) is 3.33. The third kappa shape index (κ3) is 7.83. The van der Waals surface area contributed by atoms with Gasteiger partial charge in [-0.25, -0.2) is 8.42 Å². The SMILES string of the molecule is CCCCNC(=O)C(C)N(Cc1ccccc1Cl)C(=O)CN(c1ccc(CC)cc1)S(=O)(=O)c1ccccc1. The molecule has 0 saturated heterocycles. The van der Waals surface area contributed by atoms with Crippen LogP contribution >= 0.6 is 11.6 Å². The van der Waals surface area contributed by atoms with Crippen molar-refractivity contribution in [3.63, 3.8) is 0 Å². The topological polar surface area (TPSA) is 86.8 Å². The summed E-state index contributed by atoms with van der Waals surface area (Å²) in [5.41, 5.74) is 2.06. The fraction of sp³-hybridized carbons (Fsp3) is 0.333. The molecule has 3 aromatic rings. The van der Waals surface area contributed by atoms with E-state index in [0.29, 0.717) is 22.8 Å². The third-order valence-corrected chi connectivity index (χ3v) is 8.69. The Morgan fingerprint density at radius 1 is 0.923 bits per heavy atom. The van der Waals surface area contributed by atoms with Gasteiger partial charge in [0.15, 0.2) is 0 Å². The summed E-state index contributed by atoms with van der Waals surface area (Å²) >= 11 is 6.40. The van der Waals surface area contributed by atoms with Gasteiger partial charge in [-0.2, -0.15) is 0 Å². The molecular formula is C30H36ClN3O4S. The number of amides is 2. The first-order valence-corrected chi connectivity index (χ1v) is 15.0. The van der Waals surface area contributed by atoms with Gasteiger partial charge in [0.05, 0.1) is 10.6 Å². The molecule has 1 N–H and O–H groups in total. The van der Waals surface area contributed by atoms with Crippen molar-refractivity contribution in [2.75, 3.05) is 17.4 Å². The number of nitrogens with zero attached hydrogens (tertiary/aromatic N) is 2. The van der Waals surface area contributed by atoms with Crippen molar-refractivity contribution >= 4 is 39.1 Å². The van der Waals surface area contributed by atoms with Gasteiger partial charge in [-0.05, 0) is 61.2 Å². The number of nitrogens with one attached hydrogen (secondary N) is 1. The van der Waals surface area contributed by atoms with Crippen LogP contribution in [0.3, 0.4) is 0 Å². The number of hydrogen-bond donors (Lipinski definition) is 1. The van der Waals surface area contributed by atoms with E-state index in [4.69, 9.17) is 11.6 Å². The highest BCUT2D eigenvalue weighted by Gasteiger charge is 2.32. The molecule has 0 heterocycles. The van der Waals surface area contributed by atoms with Crippen LogP contribution in [0.25, 0.3) is 0 Å². The molecule has 0 spiro atoms. The molecule has 1 unspecified atom stereocenters. The van der Waals surface area contributed by atoms with Crippen LogP contribution in [0.15, 0.2) is 83.8 Å². The standard InChI is InChI=1S/C30H36ClN3O4S/c1-4-6-20-32-30(36)23(3)33(21-25-12-10-11-15-28(25)31)29(35)22-34(26-18-16-24(5-2)17-19-26)39(37,38)27-13-8-7-9-14-27/h7-19,23H,4-6,20-22H2,1-3H3,(H,32,36). The molecule has 2 amide bonds. The maximum Gasteiger partial charge on any atom is 0.264 e. The number of anilines is 1. The van der Waals surface area contributed by atoms with Crippen molar-refractivity contribution in [2.45, 2.75) is 57.5 Å². The molecule has 0 radical (unpaired) electrons. The Bertz CT molecular complexity index is 1350. The zero-order valence-corrected chi connectivity index (χ0v) is 24.2. The van der Waals surface area contributed by atoms with Crippen LogP contribution in [0.1, 0.15) is 44.7 Å². The molecule has 0 aromatic heterocycles. The van der Waals surface area contributed by atoms with Crippen molar-refractivity contribution in [3.05, 3.63) is 95.0 Å². The van der Waals surface area contributed by atoms with E-state index in [1.807, 2.05) is 26.0 Å². The van der Waals surface area contributed by atoms with Crippen molar-refractivity contribution < 1.29 is 18.0 Å². The van der Waals surface area contributed by atoms with Crippen molar-refractivity contribution in [1.82, 2.24) is 10.2 Å². The molecule has 0 fully saturated rings. The van der Waals surface area contributed by atoms with E-state index in [9.17, 15) is 18.0 Å². The summed E-state index contributed by atoms with van der Waals surface area (Å²) in [5.74, 6) is -0.833. The average molecular weight is 570 g/mol. The molecule has 0 aliphatic carbocycles. The molecule has 0 saturated carbocycles. The highest BCUT2D eigenvalue weighted by molar-refractivity contribution is 7.92. The maximum atomic E-state index is 13.9. The van der Waals surface area contributed by atoms with E-state index >= 15 is 0 Å². The minimum absolute atomic E-state index is 0.0505.